The summed E-state index contributed by atoms with van der Waals surface area (Å²) in [5.41, 5.74) is 0.970. The molecular weight excluding hydrogens is 223 g/mol. The topological polar surface area (TPSA) is 38.7 Å². The molecule has 0 aliphatic heterocycles. The van der Waals surface area contributed by atoms with Crippen molar-refractivity contribution >= 4 is 0 Å². The average molecular weight is 242 g/mol. The van der Waals surface area contributed by atoms with E-state index in [1.54, 1.807) is 6.92 Å². The second-order valence-electron chi connectivity index (χ2n) is 3.97. The van der Waals surface area contributed by atoms with Gasteiger partial charge in [0.1, 0.15) is 6.67 Å². The van der Waals surface area contributed by atoms with Crippen molar-refractivity contribution in [2.75, 3.05) is 19.9 Å². The maximum absolute atomic E-state index is 12.9. The Morgan fingerprint density at radius 3 is 2.53 bits per heavy atom. The minimum atomic E-state index is -1.23. The molecule has 1 unspecified atom stereocenters. The first kappa shape index (κ1) is 14.1. The fourth-order valence-electron chi connectivity index (χ4n) is 1.28. The molecule has 0 aliphatic rings. The standard InChI is InChI=1S/C13H19FO3/c1-13(11-14,16-9-5-8-15)17-10-12-6-3-2-4-7-12/h2-4,6-7,15H,5,8-11H2,1H3. The first-order chi connectivity index (χ1) is 8.20. The summed E-state index contributed by atoms with van der Waals surface area (Å²) in [6.07, 6.45) is 0.476. The van der Waals surface area contributed by atoms with E-state index < -0.39 is 12.5 Å². The van der Waals surface area contributed by atoms with E-state index in [1.165, 1.54) is 0 Å². The number of aliphatic hydroxyl groups is 1. The van der Waals surface area contributed by atoms with Gasteiger partial charge in [-0.2, -0.15) is 0 Å². The third kappa shape index (κ3) is 5.26. The molecule has 96 valence electrons. The van der Waals surface area contributed by atoms with Gasteiger partial charge in [0.05, 0.1) is 13.2 Å². The molecule has 0 radical (unpaired) electrons. The Bertz CT molecular complexity index is 305. The zero-order valence-electron chi connectivity index (χ0n) is 10.1. The van der Waals surface area contributed by atoms with E-state index in [2.05, 4.69) is 0 Å². The summed E-state index contributed by atoms with van der Waals surface area (Å²) in [6.45, 7) is 1.46. The van der Waals surface area contributed by atoms with Crippen LogP contribution in [0.25, 0.3) is 0 Å². The smallest absolute Gasteiger partial charge is 0.194 e. The van der Waals surface area contributed by atoms with E-state index in [-0.39, 0.29) is 13.2 Å². The molecule has 4 heteroatoms. The van der Waals surface area contributed by atoms with E-state index in [0.29, 0.717) is 13.0 Å². The summed E-state index contributed by atoms with van der Waals surface area (Å²) in [6, 6.07) is 9.53. The van der Waals surface area contributed by atoms with Gasteiger partial charge in [-0.15, -0.1) is 0 Å². The molecule has 0 aliphatic carbocycles. The summed E-state index contributed by atoms with van der Waals surface area (Å²) in [7, 11) is 0. The van der Waals surface area contributed by atoms with Crippen LogP contribution in [-0.4, -0.2) is 30.8 Å². The molecule has 1 aromatic rings. The highest BCUT2D eigenvalue weighted by Gasteiger charge is 2.25. The van der Waals surface area contributed by atoms with Crippen molar-refractivity contribution in [2.24, 2.45) is 0 Å². The predicted molar refractivity (Wildman–Crippen MR) is 63.3 cm³/mol. The first-order valence-electron chi connectivity index (χ1n) is 5.69. The molecule has 0 aromatic heterocycles. The number of alkyl halides is 1. The highest BCUT2D eigenvalue weighted by molar-refractivity contribution is 5.13. The molecule has 17 heavy (non-hydrogen) atoms. The molecule has 3 nitrogen and oxygen atoms in total. The Morgan fingerprint density at radius 2 is 1.94 bits per heavy atom. The maximum Gasteiger partial charge on any atom is 0.194 e. The third-order valence-corrected chi connectivity index (χ3v) is 2.34. The number of aliphatic hydroxyl groups excluding tert-OH is 1. The van der Waals surface area contributed by atoms with Crippen LogP contribution in [0.2, 0.25) is 0 Å². The molecule has 0 spiro atoms. The van der Waals surface area contributed by atoms with Gasteiger partial charge in [-0.05, 0) is 18.9 Å². The summed E-state index contributed by atoms with van der Waals surface area (Å²) >= 11 is 0. The van der Waals surface area contributed by atoms with Gasteiger partial charge in [-0.1, -0.05) is 30.3 Å². The van der Waals surface area contributed by atoms with Crippen molar-refractivity contribution < 1.29 is 19.0 Å². The minimum Gasteiger partial charge on any atom is -0.396 e. The van der Waals surface area contributed by atoms with Crippen LogP contribution in [0.1, 0.15) is 18.9 Å². The van der Waals surface area contributed by atoms with Gasteiger partial charge in [-0.25, -0.2) is 4.39 Å². The van der Waals surface area contributed by atoms with Crippen molar-refractivity contribution in [3.05, 3.63) is 35.9 Å². The summed E-state index contributed by atoms with van der Waals surface area (Å²) < 4.78 is 23.6. The predicted octanol–water partition coefficient (Wildman–Crippen LogP) is 2.29. The lowest BCUT2D eigenvalue weighted by atomic mass is 10.2. The van der Waals surface area contributed by atoms with Crippen LogP contribution in [0, 0.1) is 0 Å². The summed E-state index contributed by atoms with van der Waals surface area (Å²) in [4.78, 5) is 0. The van der Waals surface area contributed by atoms with Crippen LogP contribution in [0.15, 0.2) is 30.3 Å². The number of benzene rings is 1. The average Bonchev–Trinajstić information content (AvgIpc) is 2.38. The fraction of sp³-hybridized carbons (Fsp3) is 0.538. The summed E-state index contributed by atoms with van der Waals surface area (Å²) in [5.74, 6) is -1.23. The van der Waals surface area contributed by atoms with E-state index >= 15 is 0 Å². The molecule has 0 saturated carbocycles. The Labute approximate surface area is 101 Å². The Morgan fingerprint density at radius 1 is 1.24 bits per heavy atom. The Hall–Kier alpha value is -0.970. The van der Waals surface area contributed by atoms with Crippen molar-refractivity contribution in [1.82, 2.24) is 0 Å². The molecule has 0 amide bonds. The Kier molecular flexibility index (Phi) is 6.11. The maximum atomic E-state index is 12.9. The van der Waals surface area contributed by atoms with Gasteiger partial charge in [0.2, 0.25) is 0 Å². The van der Waals surface area contributed by atoms with Crippen LogP contribution in [0.5, 0.6) is 0 Å². The molecule has 1 N–H and O–H groups in total. The SMILES string of the molecule is CC(CF)(OCCCO)OCc1ccccc1. The monoisotopic (exact) mass is 242 g/mol. The molecular formula is C13H19FO3. The van der Waals surface area contributed by atoms with Crippen molar-refractivity contribution in [3.8, 4) is 0 Å². The lowest BCUT2D eigenvalue weighted by Gasteiger charge is -2.27. The fourth-order valence-corrected chi connectivity index (χ4v) is 1.28. The molecule has 1 atom stereocenters. The van der Waals surface area contributed by atoms with Gasteiger partial charge in [0.15, 0.2) is 5.79 Å². The van der Waals surface area contributed by atoms with Gasteiger partial charge in [-0.3, -0.25) is 0 Å². The number of halogens is 1. The van der Waals surface area contributed by atoms with Crippen molar-refractivity contribution in [2.45, 2.75) is 25.7 Å². The zero-order valence-corrected chi connectivity index (χ0v) is 10.1. The van der Waals surface area contributed by atoms with Crippen LogP contribution >= 0.6 is 0 Å². The normalized spacial score (nSPS) is 14.5. The summed E-state index contributed by atoms with van der Waals surface area (Å²) in [5, 5.41) is 8.63. The third-order valence-electron chi connectivity index (χ3n) is 2.34. The van der Waals surface area contributed by atoms with Crippen molar-refractivity contribution in [3.63, 3.8) is 0 Å². The molecule has 0 heterocycles. The van der Waals surface area contributed by atoms with Gasteiger partial charge < -0.3 is 14.6 Å². The first-order valence-corrected chi connectivity index (χ1v) is 5.69. The van der Waals surface area contributed by atoms with E-state index in [0.717, 1.165) is 5.56 Å². The van der Waals surface area contributed by atoms with Gasteiger partial charge in [0, 0.05) is 6.61 Å². The molecule has 0 fully saturated rings. The minimum absolute atomic E-state index is 0.0288. The largest absolute Gasteiger partial charge is 0.396 e. The molecule has 1 aromatic carbocycles. The molecule has 1 rings (SSSR count). The Balaban J connectivity index is 2.40. The van der Waals surface area contributed by atoms with Crippen LogP contribution in [0.3, 0.4) is 0 Å². The number of hydrogen-bond acceptors (Lipinski definition) is 3. The lowest BCUT2D eigenvalue weighted by Crippen LogP contribution is -2.35. The van der Waals surface area contributed by atoms with Crippen molar-refractivity contribution in [1.29, 1.82) is 0 Å². The number of hydrogen-bond donors (Lipinski definition) is 1. The molecule has 0 bridgehead atoms. The quantitative estimate of drug-likeness (QED) is 0.561. The zero-order chi connectivity index (χ0) is 12.6. The number of ether oxygens (including phenoxy) is 2. The van der Waals surface area contributed by atoms with Crippen LogP contribution in [-0.2, 0) is 16.1 Å². The van der Waals surface area contributed by atoms with Crippen LogP contribution in [0.4, 0.5) is 4.39 Å². The van der Waals surface area contributed by atoms with Crippen LogP contribution < -0.4 is 0 Å². The molecule has 0 saturated heterocycles. The highest BCUT2D eigenvalue weighted by atomic mass is 19.1. The van der Waals surface area contributed by atoms with Gasteiger partial charge >= 0.3 is 0 Å². The van der Waals surface area contributed by atoms with E-state index in [4.69, 9.17) is 14.6 Å². The highest BCUT2D eigenvalue weighted by Crippen LogP contribution is 2.16. The second kappa shape index (κ2) is 7.37. The number of rotatable bonds is 8. The lowest BCUT2D eigenvalue weighted by molar-refractivity contribution is -0.240. The van der Waals surface area contributed by atoms with E-state index in [9.17, 15) is 4.39 Å². The van der Waals surface area contributed by atoms with E-state index in [1.807, 2.05) is 30.3 Å². The van der Waals surface area contributed by atoms with Gasteiger partial charge in [0.25, 0.3) is 0 Å². The second-order valence-corrected chi connectivity index (χ2v) is 3.97.